The second kappa shape index (κ2) is 8.15. The molecular weight excluding hydrogens is 312 g/mol. The first-order valence-electron chi connectivity index (χ1n) is 8.26. The van der Waals surface area contributed by atoms with Crippen LogP contribution in [0.25, 0.3) is 11.1 Å². The van der Waals surface area contributed by atoms with Crippen molar-refractivity contribution in [3.8, 4) is 11.1 Å². The Balaban J connectivity index is 1.55. The van der Waals surface area contributed by atoms with Gasteiger partial charge in [0.25, 0.3) is 0 Å². The summed E-state index contributed by atoms with van der Waals surface area (Å²) in [6.45, 7) is 1.99. The number of amides is 1. The summed E-state index contributed by atoms with van der Waals surface area (Å²) in [5.41, 5.74) is 4.16. The number of carbonyl (C=O) groups is 1. The normalized spacial score (nSPS) is 11.7. The van der Waals surface area contributed by atoms with Crippen LogP contribution in [0, 0.1) is 0 Å². The van der Waals surface area contributed by atoms with Gasteiger partial charge in [-0.3, -0.25) is 9.78 Å². The quantitative estimate of drug-likeness (QED) is 0.752. The van der Waals surface area contributed by atoms with Gasteiger partial charge in [0, 0.05) is 36.8 Å². The van der Waals surface area contributed by atoms with Crippen molar-refractivity contribution >= 4 is 5.91 Å². The first-order chi connectivity index (χ1) is 12.2. The molecular formula is C20H20N4O. The topological polar surface area (TPSA) is 67.8 Å². The number of aryl methyl sites for hydroxylation is 1. The molecule has 0 unspecified atom stereocenters. The molecule has 5 heteroatoms. The number of benzene rings is 1. The number of nitrogens with zero attached hydrogens (tertiary/aromatic N) is 3. The zero-order valence-electron chi connectivity index (χ0n) is 14.1. The molecule has 1 atom stereocenters. The van der Waals surface area contributed by atoms with E-state index in [0.717, 1.165) is 22.3 Å². The van der Waals surface area contributed by atoms with E-state index in [0.29, 0.717) is 12.8 Å². The van der Waals surface area contributed by atoms with Crippen LogP contribution in [0.4, 0.5) is 0 Å². The fourth-order valence-corrected chi connectivity index (χ4v) is 2.61. The van der Waals surface area contributed by atoms with E-state index in [2.05, 4.69) is 20.3 Å². The van der Waals surface area contributed by atoms with Crippen LogP contribution < -0.4 is 5.32 Å². The maximum absolute atomic E-state index is 12.1. The molecule has 0 bridgehead atoms. The first-order valence-corrected chi connectivity index (χ1v) is 8.26. The molecule has 1 N–H and O–H groups in total. The lowest BCUT2D eigenvalue weighted by Crippen LogP contribution is -2.26. The van der Waals surface area contributed by atoms with Gasteiger partial charge >= 0.3 is 0 Å². The predicted octanol–water partition coefficient (Wildman–Crippen LogP) is 3.35. The maximum atomic E-state index is 12.1. The van der Waals surface area contributed by atoms with Crippen LogP contribution in [0.2, 0.25) is 0 Å². The Labute approximate surface area is 147 Å². The smallest absolute Gasteiger partial charge is 0.220 e. The van der Waals surface area contributed by atoms with Crippen LogP contribution in [0.15, 0.2) is 67.5 Å². The van der Waals surface area contributed by atoms with Crippen molar-refractivity contribution in [2.24, 2.45) is 0 Å². The van der Waals surface area contributed by atoms with Gasteiger partial charge in [0.2, 0.25) is 5.91 Å². The van der Waals surface area contributed by atoms with E-state index in [1.54, 1.807) is 24.8 Å². The molecule has 2 heterocycles. The molecule has 1 amide bonds. The van der Waals surface area contributed by atoms with Gasteiger partial charge in [0.05, 0.1) is 6.04 Å². The van der Waals surface area contributed by atoms with Crippen LogP contribution in [0.1, 0.15) is 30.5 Å². The molecule has 0 saturated carbocycles. The minimum Gasteiger partial charge on any atom is -0.350 e. The van der Waals surface area contributed by atoms with Crippen LogP contribution >= 0.6 is 0 Å². The Morgan fingerprint density at radius 1 is 1.00 bits per heavy atom. The molecule has 0 aliphatic carbocycles. The summed E-state index contributed by atoms with van der Waals surface area (Å²) in [4.78, 5) is 24.3. The summed E-state index contributed by atoms with van der Waals surface area (Å²) in [5, 5.41) is 3.04. The summed E-state index contributed by atoms with van der Waals surface area (Å²) in [7, 11) is 0. The van der Waals surface area contributed by atoms with Gasteiger partial charge in [-0.1, -0.05) is 30.3 Å². The van der Waals surface area contributed by atoms with Crippen LogP contribution in [0.5, 0.6) is 0 Å². The Kier molecular flexibility index (Phi) is 5.46. The zero-order chi connectivity index (χ0) is 17.5. The largest absolute Gasteiger partial charge is 0.350 e. The predicted molar refractivity (Wildman–Crippen MR) is 96.6 cm³/mol. The lowest BCUT2D eigenvalue weighted by molar-refractivity contribution is -0.121. The Morgan fingerprint density at radius 3 is 2.44 bits per heavy atom. The van der Waals surface area contributed by atoms with E-state index in [4.69, 9.17) is 0 Å². The SMILES string of the molecule is C[C@H](NC(=O)CCc1cccnc1)c1ccc(-c2cncnc2)cc1. The number of hydrogen-bond donors (Lipinski definition) is 1. The van der Waals surface area contributed by atoms with Gasteiger partial charge in [0.1, 0.15) is 6.33 Å². The molecule has 1 aromatic carbocycles. The van der Waals surface area contributed by atoms with Gasteiger partial charge in [-0.25, -0.2) is 9.97 Å². The molecule has 0 saturated heterocycles. The van der Waals surface area contributed by atoms with Crippen molar-refractivity contribution in [2.75, 3.05) is 0 Å². The molecule has 2 aromatic heterocycles. The molecule has 0 spiro atoms. The van der Waals surface area contributed by atoms with E-state index in [1.165, 1.54) is 6.33 Å². The summed E-state index contributed by atoms with van der Waals surface area (Å²) in [6.07, 6.45) is 9.76. The zero-order valence-corrected chi connectivity index (χ0v) is 14.1. The highest BCUT2D eigenvalue weighted by molar-refractivity contribution is 5.76. The highest BCUT2D eigenvalue weighted by Gasteiger charge is 2.10. The monoisotopic (exact) mass is 332 g/mol. The van der Waals surface area contributed by atoms with Crippen molar-refractivity contribution in [1.82, 2.24) is 20.3 Å². The molecule has 126 valence electrons. The standard InChI is InChI=1S/C20H20N4O/c1-15(24-20(25)9-4-16-3-2-10-21-11-16)17-5-7-18(8-6-17)19-12-22-14-23-13-19/h2-3,5-8,10-15H,4,9H2,1H3,(H,24,25)/t15-/m0/s1. The molecule has 0 fully saturated rings. The Hall–Kier alpha value is -3.08. The van der Waals surface area contributed by atoms with Gasteiger partial charge < -0.3 is 5.32 Å². The molecule has 25 heavy (non-hydrogen) atoms. The average molecular weight is 332 g/mol. The lowest BCUT2D eigenvalue weighted by Gasteiger charge is -2.15. The van der Waals surface area contributed by atoms with Crippen LogP contribution in [0.3, 0.4) is 0 Å². The Morgan fingerprint density at radius 2 is 1.76 bits per heavy atom. The second-order valence-corrected chi connectivity index (χ2v) is 5.90. The third kappa shape index (κ3) is 4.70. The minimum atomic E-state index is -0.0394. The van der Waals surface area contributed by atoms with Crippen LogP contribution in [-0.4, -0.2) is 20.9 Å². The van der Waals surface area contributed by atoms with Gasteiger partial charge in [-0.15, -0.1) is 0 Å². The van der Waals surface area contributed by atoms with Crippen molar-refractivity contribution in [3.63, 3.8) is 0 Å². The van der Waals surface area contributed by atoms with Gasteiger partial charge in [0.15, 0.2) is 0 Å². The van der Waals surface area contributed by atoms with E-state index < -0.39 is 0 Å². The number of pyridine rings is 1. The van der Waals surface area contributed by atoms with Crippen molar-refractivity contribution in [1.29, 1.82) is 0 Å². The third-order valence-corrected chi connectivity index (χ3v) is 4.05. The highest BCUT2D eigenvalue weighted by Crippen LogP contribution is 2.20. The number of rotatable bonds is 6. The summed E-state index contributed by atoms with van der Waals surface area (Å²) in [6, 6.07) is 11.9. The van der Waals surface area contributed by atoms with Crippen molar-refractivity contribution in [3.05, 3.63) is 78.6 Å². The maximum Gasteiger partial charge on any atom is 0.220 e. The molecule has 0 radical (unpaired) electrons. The lowest BCUT2D eigenvalue weighted by atomic mass is 10.0. The minimum absolute atomic E-state index is 0.0388. The Bertz CT molecular complexity index is 804. The molecule has 5 nitrogen and oxygen atoms in total. The number of carbonyl (C=O) groups excluding carboxylic acids is 1. The van der Waals surface area contributed by atoms with Crippen LogP contribution in [-0.2, 0) is 11.2 Å². The average Bonchev–Trinajstić information content (AvgIpc) is 2.68. The third-order valence-electron chi connectivity index (χ3n) is 4.05. The fraction of sp³-hybridized carbons (Fsp3) is 0.200. The van der Waals surface area contributed by atoms with E-state index in [9.17, 15) is 4.79 Å². The van der Waals surface area contributed by atoms with Crippen molar-refractivity contribution in [2.45, 2.75) is 25.8 Å². The van der Waals surface area contributed by atoms with E-state index >= 15 is 0 Å². The number of aromatic nitrogens is 3. The molecule has 0 aliphatic heterocycles. The first kappa shape index (κ1) is 16.8. The van der Waals surface area contributed by atoms with Gasteiger partial charge in [-0.2, -0.15) is 0 Å². The molecule has 0 aliphatic rings. The second-order valence-electron chi connectivity index (χ2n) is 5.90. The number of hydrogen-bond acceptors (Lipinski definition) is 4. The van der Waals surface area contributed by atoms with E-state index in [1.807, 2.05) is 43.3 Å². The summed E-state index contributed by atoms with van der Waals surface area (Å²) in [5.74, 6) is 0.0388. The summed E-state index contributed by atoms with van der Waals surface area (Å²) < 4.78 is 0. The number of nitrogens with one attached hydrogen (secondary N) is 1. The molecule has 3 aromatic rings. The van der Waals surface area contributed by atoms with Gasteiger partial charge in [-0.05, 0) is 36.1 Å². The highest BCUT2D eigenvalue weighted by atomic mass is 16.1. The summed E-state index contributed by atoms with van der Waals surface area (Å²) >= 11 is 0. The van der Waals surface area contributed by atoms with E-state index in [-0.39, 0.29) is 11.9 Å². The fourth-order valence-electron chi connectivity index (χ4n) is 2.61. The van der Waals surface area contributed by atoms with Crippen molar-refractivity contribution < 1.29 is 4.79 Å². The molecule has 3 rings (SSSR count).